The second-order valence-electron chi connectivity index (χ2n) is 9.08. The first kappa shape index (κ1) is 27.4. The monoisotopic (exact) mass is 424 g/mol. The highest BCUT2D eigenvalue weighted by atomic mass is 16.3. The van der Waals surface area contributed by atoms with Crippen LogP contribution in [0.2, 0.25) is 0 Å². The predicted octanol–water partition coefficient (Wildman–Crippen LogP) is 5.29. The Labute approximate surface area is 185 Å². The third kappa shape index (κ3) is 12.2. The van der Waals surface area contributed by atoms with Crippen LogP contribution in [0.1, 0.15) is 103 Å². The number of hydrogen-bond acceptors (Lipinski definition) is 4. The molecule has 1 rings (SSSR count). The highest BCUT2D eigenvalue weighted by Crippen LogP contribution is 2.38. The number of unbranched alkanes of at least 4 members (excludes halogenated alkanes) is 7. The van der Waals surface area contributed by atoms with Crippen LogP contribution in [0.15, 0.2) is 24.3 Å². The van der Waals surface area contributed by atoms with Crippen LogP contribution in [-0.2, 0) is 0 Å². The zero-order chi connectivity index (χ0) is 22.0. The van der Waals surface area contributed by atoms with Gasteiger partial charge >= 0.3 is 0 Å². The van der Waals surface area contributed by atoms with Gasteiger partial charge in [0, 0.05) is 6.61 Å². The van der Waals surface area contributed by atoms with E-state index in [0.717, 1.165) is 64.2 Å². The zero-order valence-corrected chi connectivity index (χ0v) is 19.3. The molecular weight excluding hydrogens is 376 g/mol. The van der Waals surface area contributed by atoms with E-state index in [1.807, 2.05) is 6.92 Å². The molecule has 0 radical (unpaired) electrons. The van der Waals surface area contributed by atoms with Crippen molar-refractivity contribution in [3.05, 3.63) is 24.3 Å². The second kappa shape index (κ2) is 17.9. The van der Waals surface area contributed by atoms with Crippen molar-refractivity contribution < 1.29 is 20.4 Å². The van der Waals surface area contributed by atoms with Crippen molar-refractivity contribution in [3.63, 3.8) is 0 Å². The maximum absolute atomic E-state index is 10.4. The molecule has 0 aromatic rings. The van der Waals surface area contributed by atoms with Gasteiger partial charge in [-0.15, -0.1) is 0 Å². The Hall–Kier alpha value is -0.680. The van der Waals surface area contributed by atoms with Gasteiger partial charge < -0.3 is 20.4 Å². The molecule has 0 aliphatic heterocycles. The van der Waals surface area contributed by atoms with Gasteiger partial charge in [-0.25, -0.2) is 0 Å². The van der Waals surface area contributed by atoms with Crippen molar-refractivity contribution in [3.8, 4) is 0 Å². The Morgan fingerprint density at radius 3 is 2.10 bits per heavy atom. The van der Waals surface area contributed by atoms with E-state index >= 15 is 0 Å². The lowest BCUT2D eigenvalue weighted by Crippen LogP contribution is -2.21. The minimum Gasteiger partial charge on any atom is -0.396 e. The van der Waals surface area contributed by atoms with Gasteiger partial charge in [-0.05, 0) is 82.5 Å². The van der Waals surface area contributed by atoms with E-state index in [1.165, 1.54) is 25.7 Å². The van der Waals surface area contributed by atoms with Crippen molar-refractivity contribution >= 4 is 0 Å². The summed E-state index contributed by atoms with van der Waals surface area (Å²) in [5.41, 5.74) is 0. The van der Waals surface area contributed by atoms with E-state index in [1.54, 1.807) is 0 Å². The fourth-order valence-electron chi connectivity index (χ4n) is 4.55. The molecule has 4 N–H and O–H groups in total. The molecule has 0 saturated heterocycles. The number of hydrogen-bond donors (Lipinski definition) is 4. The standard InChI is InChI=1S/C26H48O4/c1-2-22(28)17-13-9-6-4-3-5-7-10-14-18-23-24(26(30)21-25(23)29)19-15-11-8-12-16-20-27/h6,9,11,15,22-30H,2-5,7-8,10,12-14,16-21H2,1H3/t22?,23?,24?,25-,26+/m0/s1. The molecule has 4 nitrogen and oxygen atoms in total. The minimum atomic E-state index is -0.377. The molecule has 5 atom stereocenters. The summed E-state index contributed by atoms with van der Waals surface area (Å²) in [7, 11) is 0. The SMILES string of the molecule is CCC(O)CCC=CCCCCCCCC1C(CC=CCCCCO)[C@H](O)C[C@@H]1O. The Morgan fingerprint density at radius 1 is 0.767 bits per heavy atom. The molecular formula is C26H48O4. The average Bonchev–Trinajstić information content (AvgIpc) is 3.00. The van der Waals surface area contributed by atoms with E-state index in [0.29, 0.717) is 6.42 Å². The van der Waals surface area contributed by atoms with Crippen LogP contribution in [0.4, 0.5) is 0 Å². The maximum Gasteiger partial charge on any atom is 0.0599 e. The van der Waals surface area contributed by atoms with Gasteiger partial charge in [-0.1, -0.05) is 56.9 Å². The normalized spacial score (nSPS) is 25.6. The molecule has 0 aromatic heterocycles. The third-order valence-electron chi connectivity index (χ3n) is 6.59. The predicted molar refractivity (Wildman–Crippen MR) is 125 cm³/mol. The molecule has 1 saturated carbocycles. The lowest BCUT2D eigenvalue weighted by atomic mass is 9.86. The summed E-state index contributed by atoms with van der Waals surface area (Å²) in [5, 5.41) is 39.0. The van der Waals surface area contributed by atoms with Crippen LogP contribution in [-0.4, -0.2) is 45.3 Å². The van der Waals surface area contributed by atoms with E-state index in [2.05, 4.69) is 24.3 Å². The molecule has 0 aromatic carbocycles. The van der Waals surface area contributed by atoms with E-state index in [9.17, 15) is 15.3 Å². The van der Waals surface area contributed by atoms with Gasteiger partial charge in [0.2, 0.25) is 0 Å². The Kier molecular flexibility index (Phi) is 16.4. The van der Waals surface area contributed by atoms with Gasteiger partial charge in [-0.2, -0.15) is 0 Å². The van der Waals surface area contributed by atoms with Gasteiger partial charge in [0.1, 0.15) is 0 Å². The van der Waals surface area contributed by atoms with Crippen molar-refractivity contribution in [1.82, 2.24) is 0 Å². The van der Waals surface area contributed by atoms with Crippen LogP contribution in [0.3, 0.4) is 0 Å². The van der Waals surface area contributed by atoms with E-state index in [-0.39, 0.29) is 36.8 Å². The lowest BCUT2D eigenvalue weighted by molar-refractivity contribution is 0.108. The van der Waals surface area contributed by atoms with Crippen molar-refractivity contribution in [2.45, 2.75) is 122 Å². The number of allylic oxidation sites excluding steroid dienone is 4. The first-order chi connectivity index (χ1) is 14.6. The molecule has 1 aliphatic rings. The van der Waals surface area contributed by atoms with E-state index < -0.39 is 0 Å². The van der Waals surface area contributed by atoms with E-state index in [4.69, 9.17) is 5.11 Å². The van der Waals surface area contributed by atoms with Crippen LogP contribution in [0.25, 0.3) is 0 Å². The van der Waals surface area contributed by atoms with Crippen LogP contribution in [0, 0.1) is 11.8 Å². The molecule has 0 spiro atoms. The molecule has 4 heteroatoms. The summed E-state index contributed by atoms with van der Waals surface area (Å²) in [6.07, 6.45) is 23.0. The topological polar surface area (TPSA) is 80.9 Å². The molecule has 3 unspecified atom stereocenters. The molecule has 1 fully saturated rings. The van der Waals surface area contributed by atoms with Crippen LogP contribution >= 0.6 is 0 Å². The fourth-order valence-corrected chi connectivity index (χ4v) is 4.55. The van der Waals surface area contributed by atoms with Crippen LogP contribution in [0.5, 0.6) is 0 Å². The molecule has 176 valence electrons. The average molecular weight is 425 g/mol. The zero-order valence-electron chi connectivity index (χ0n) is 19.3. The molecule has 1 aliphatic carbocycles. The molecule has 30 heavy (non-hydrogen) atoms. The number of rotatable bonds is 18. The summed E-state index contributed by atoms with van der Waals surface area (Å²) >= 11 is 0. The third-order valence-corrected chi connectivity index (χ3v) is 6.59. The maximum atomic E-state index is 10.4. The summed E-state index contributed by atoms with van der Waals surface area (Å²) in [4.78, 5) is 0. The minimum absolute atomic E-state index is 0.151. The summed E-state index contributed by atoms with van der Waals surface area (Å²) < 4.78 is 0. The molecule has 0 bridgehead atoms. The van der Waals surface area contributed by atoms with Gasteiger partial charge in [0.25, 0.3) is 0 Å². The summed E-state index contributed by atoms with van der Waals surface area (Å²) in [6, 6.07) is 0. The van der Waals surface area contributed by atoms with Crippen molar-refractivity contribution in [2.24, 2.45) is 11.8 Å². The molecule has 0 amide bonds. The number of aliphatic hydroxyl groups is 4. The highest BCUT2D eigenvalue weighted by molar-refractivity contribution is 4.96. The Balaban J connectivity index is 2.11. The fraction of sp³-hybridized carbons (Fsp3) is 0.846. The van der Waals surface area contributed by atoms with Gasteiger partial charge in [-0.3, -0.25) is 0 Å². The molecule has 0 heterocycles. The van der Waals surface area contributed by atoms with Crippen molar-refractivity contribution in [1.29, 1.82) is 0 Å². The smallest absolute Gasteiger partial charge is 0.0599 e. The second-order valence-corrected chi connectivity index (χ2v) is 9.08. The summed E-state index contributed by atoms with van der Waals surface area (Å²) in [5.74, 6) is 0.411. The Morgan fingerprint density at radius 2 is 1.37 bits per heavy atom. The summed E-state index contributed by atoms with van der Waals surface area (Å²) in [6.45, 7) is 2.27. The largest absolute Gasteiger partial charge is 0.396 e. The first-order valence-corrected chi connectivity index (χ1v) is 12.5. The van der Waals surface area contributed by atoms with Crippen molar-refractivity contribution in [2.75, 3.05) is 6.61 Å². The first-order valence-electron chi connectivity index (χ1n) is 12.5. The van der Waals surface area contributed by atoms with Gasteiger partial charge in [0.05, 0.1) is 18.3 Å². The lowest BCUT2D eigenvalue weighted by Gasteiger charge is -2.22. The van der Waals surface area contributed by atoms with Gasteiger partial charge in [0.15, 0.2) is 0 Å². The highest BCUT2D eigenvalue weighted by Gasteiger charge is 2.40. The Bertz CT molecular complexity index is 448. The number of aliphatic hydroxyl groups excluding tert-OH is 4. The van der Waals surface area contributed by atoms with Crippen LogP contribution < -0.4 is 0 Å². The quantitative estimate of drug-likeness (QED) is 0.178.